The number of benzene rings is 1. The first kappa shape index (κ1) is 15.1. The minimum absolute atomic E-state index is 0.322. The fourth-order valence-electron chi connectivity index (χ4n) is 2.10. The highest BCUT2D eigenvalue weighted by atomic mass is 16.6. The van der Waals surface area contributed by atoms with Crippen LogP contribution in [0.5, 0.6) is 11.5 Å². The summed E-state index contributed by atoms with van der Waals surface area (Å²) in [5, 5.41) is 8.66. The highest BCUT2D eigenvalue weighted by Crippen LogP contribution is 2.31. The van der Waals surface area contributed by atoms with Gasteiger partial charge in [-0.15, -0.1) is 0 Å². The van der Waals surface area contributed by atoms with Gasteiger partial charge in [0, 0.05) is 13.6 Å². The Labute approximate surface area is 122 Å². The lowest BCUT2D eigenvalue weighted by molar-refractivity contribution is -0.141. The first-order valence-corrected chi connectivity index (χ1v) is 6.58. The molecule has 2 rings (SSSR count). The molecule has 0 bridgehead atoms. The van der Waals surface area contributed by atoms with Crippen molar-refractivity contribution in [3.8, 4) is 11.5 Å². The van der Waals surface area contributed by atoms with Gasteiger partial charge in [0.05, 0.1) is 12.5 Å². The molecule has 7 heteroatoms. The Kier molecular flexibility index (Phi) is 4.64. The molecule has 1 aliphatic heterocycles. The zero-order chi connectivity index (χ0) is 15.4. The number of amides is 1. The molecule has 1 unspecified atom stereocenters. The molecule has 0 fully saturated rings. The van der Waals surface area contributed by atoms with Crippen LogP contribution >= 0.6 is 0 Å². The van der Waals surface area contributed by atoms with Gasteiger partial charge in [-0.3, -0.25) is 9.59 Å². The zero-order valence-corrected chi connectivity index (χ0v) is 11.7. The van der Waals surface area contributed by atoms with Crippen molar-refractivity contribution < 1.29 is 24.2 Å². The molecule has 7 nitrogen and oxygen atoms in total. The third-order valence-electron chi connectivity index (χ3n) is 3.11. The smallest absolute Gasteiger partial charge is 0.305 e. The number of likely N-dealkylation sites (N-methyl/N-ethyl adjacent to an activating group) is 1. The average molecular weight is 294 g/mol. The molecule has 1 atom stereocenters. The molecule has 3 N–H and O–H groups in total. The third-order valence-corrected chi connectivity index (χ3v) is 3.11. The summed E-state index contributed by atoms with van der Waals surface area (Å²) in [5.41, 5.74) is 6.43. The maximum atomic E-state index is 12.0. The van der Waals surface area contributed by atoms with Crippen molar-refractivity contribution in [2.45, 2.75) is 19.0 Å². The fourth-order valence-corrected chi connectivity index (χ4v) is 2.10. The van der Waals surface area contributed by atoms with E-state index in [1.165, 1.54) is 4.90 Å². The van der Waals surface area contributed by atoms with Crippen LogP contribution in [0.4, 0.5) is 0 Å². The number of carboxylic acids is 1. The molecule has 0 aromatic heterocycles. The Morgan fingerprint density at radius 2 is 2.00 bits per heavy atom. The monoisotopic (exact) mass is 294 g/mol. The Balaban J connectivity index is 2.00. The standard InChI is InChI=1S/C14H18N2O5/c1-16(14(19)10(15)7-13(17)18)8-9-2-3-11-12(6-9)21-5-4-20-11/h2-3,6,10H,4-5,7-8,15H2,1H3,(H,17,18). The summed E-state index contributed by atoms with van der Waals surface area (Å²) in [6.07, 6.45) is -0.385. The van der Waals surface area contributed by atoms with Crippen LogP contribution in [-0.2, 0) is 16.1 Å². The molecule has 1 heterocycles. The number of hydrogen-bond donors (Lipinski definition) is 2. The van der Waals surface area contributed by atoms with E-state index in [0.29, 0.717) is 31.3 Å². The van der Waals surface area contributed by atoms with Crippen LogP contribution in [-0.4, -0.2) is 48.2 Å². The van der Waals surface area contributed by atoms with E-state index < -0.39 is 17.9 Å². The Morgan fingerprint density at radius 3 is 2.67 bits per heavy atom. The van der Waals surface area contributed by atoms with Crippen LogP contribution in [0, 0.1) is 0 Å². The minimum Gasteiger partial charge on any atom is -0.486 e. The predicted octanol–water partition coefficient (Wildman–Crippen LogP) is 0.218. The summed E-state index contributed by atoms with van der Waals surface area (Å²) in [7, 11) is 1.58. The summed E-state index contributed by atoms with van der Waals surface area (Å²) in [6.45, 7) is 1.34. The number of rotatable bonds is 5. The van der Waals surface area contributed by atoms with E-state index in [0.717, 1.165) is 5.56 Å². The number of ether oxygens (including phenoxy) is 2. The zero-order valence-electron chi connectivity index (χ0n) is 11.7. The second-order valence-electron chi connectivity index (χ2n) is 4.88. The number of carbonyl (C=O) groups is 2. The molecule has 21 heavy (non-hydrogen) atoms. The topological polar surface area (TPSA) is 102 Å². The number of carboxylic acid groups (broad SMARTS) is 1. The molecule has 0 spiro atoms. The van der Waals surface area contributed by atoms with Crippen LogP contribution in [0.1, 0.15) is 12.0 Å². The number of hydrogen-bond acceptors (Lipinski definition) is 5. The number of nitrogens with zero attached hydrogens (tertiary/aromatic N) is 1. The van der Waals surface area contributed by atoms with E-state index in [1.807, 2.05) is 6.07 Å². The van der Waals surface area contributed by atoms with Gasteiger partial charge in [-0.1, -0.05) is 6.07 Å². The van der Waals surface area contributed by atoms with Gasteiger partial charge in [-0.2, -0.15) is 0 Å². The molecule has 0 saturated carbocycles. The van der Waals surface area contributed by atoms with Gasteiger partial charge in [0.15, 0.2) is 11.5 Å². The average Bonchev–Trinajstić information content (AvgIpc) is 2.45. The molecule has 1 aromatic rings. The van der Waals surface area contributed by atoms with E-state index >= 15 is 0 Å². The Morgan fingerprint density at radius 1 is 1.33 bits per heavy atom. The summed E-state index contributed by atoms with van der Waals surface area (Å²) in [5.74, 6) is -0.174. The van der Waals surface area contributed by atoms with Gasteiger partial charge in [0.2, 0.25) is 5.91 Å². The van der Waals surface area contributed by atoms with Gasteiger partial charge >= 0.3 is 5.97 Å². The highest BCUT2D eigenvalue weighted by molar-refractivity contribution is 5.85. The van der Waals surface area contributed by atoms with Crippen LogP contribution in [0.3, 0.4) is 0 Å². The van der Waals surface area contributed by atoms with Crippen LogP contribution in [0.15, 0.2) is 18.2 Å². The lowest BCUT2D eigenvalue weighted by Gasteiger charge is -2.22. The van der Waals surface area contributed by atoms with Crippen molar-refractivity contribution in [3.63, 3.8) is 0 Å². The SMILES string of the molecule is CN(Cc1ccc2c(c1)OCCO2)C(=O)C(N)CC(=O)O. The molecule has 1 aliphatic rings. The molecule has 0 aliphatic carbocycles. The van der Waals surface area contributed by atoms with E-state index in [2.05, 4.69) is 0 Å². The van der Waals surface area contributed by atoms with E-state index in [4.69, 9.17) is 20.3 Å². The Bertz CT molecular complexity index is 546. The third kappa shape index (κ3) is 3.85. The molecule has 114 valence electrons. The summed E-state index contributed by atoms with van der Waals surface area (Å²) in [6, 6.07) is 4.39. The molecule has 0 saturated heterocycles. The first-order chi connectivity index (χ1) is 9.97. The van der Waals surface area contributed by atoms with Crippen molar-refractivity contribution in [2.24, 2.45) is 5.73 Å². The second kappa shape index (κ2) is 6.45. The Hall–Kier alpha value is -2.28. The molecular formula is C14H18N2O5. The molecular weight excluding hydrogens is 276 g/mol. The van der Waals surface area contributed by atoms with Crippen molar-refractivity contribution in [2.75, 3.05) is 20.3 Å². The quantitative estimate of drug-likeness (QED) is 0.805. The van der Waals surface area contributed by atoms with E-state index in [-0.39, 0.29) is 6.42 Å². The van der Waals surface area contributed by atoms with Gasteiger partial charge in [0.25, 0.3) is 0 Å². The van der Waals surface area contributed by atoms with Gasteiger partial charge in [-0.25, -0.2) is 0 Å². The lowest BCUT2D eigenvalue weighted by Crippen LogP contribution is -2.42. The highest BCUT2D eigenvalue weighted by Gasteiger charge is 2.21. The molecule has 1 amide bonds. The fraction of sp³-hybridized carbons (Fsp3) is 0.429. The molecule has 0 radical (unpaired) electrons. The van der Waals surface area contributed by atoms with Gasteiger partial charge in [-0.05, 0) is 17.7 Å². The first-order valence-electron chi connectivity index (χ1n) is 6.58. The summed E-state index contributed by atoms with van der Waals surface area (Å²) < 4.78 is 10.9. The lowest BCUT2D eigenvalue weighted by atomic mass is 10.1. The van der Waals surface area contributed by atoms with Gasteiger partial charge < -0.3 is 25.2 Å². The number of fused-ring (bicyclic) bond motifs is 1. The van der Waals surface area contributed by atoms with E-state index in [1.54, 1.807) is 19.2 Å². The van der Waals surface area contributed by atoms with Crippen molar-refractivity contribution in [1.29, 1.82) is 0 Å². The van der Waals surface area contributed by atoms with Crippen molar-refractivity contribution >= 4 is 11.9 Å². The van der Waals surface area contributed by atoms with Crippen LogP contribution in [0.2, 0.25) is 0 Å². The number of carbonyl (C=O) groups excluding carboxylic acids is 1. The molecule has 1 aromatic carbocycles. The van der Waals surface area contributed by atoms with E-state index in [9.17, 15) is 9.59 Å². The number of nitrogens with two attached hydrogens (primary N) is 1. The normalized spacial score (nSPS) is 14.4. The van der Waals surface area contributed by atoms with Crippen LogP contribution < -0.4 is 15.2 Å². The minimum atomic E-state index is -1.09. The van der Waals surface area contributed by atoms with Gasteiger partial charge in [0.1, 0.15) is 13.2 Å². The summed E-state index contributed by atoms with van der Waals surface area (Å²) >= 11 is 0. The summed E-state index contributed by atoms with van der Waals surface area (Å²) in [4.78, 5) is 23.9. The van der Waals surface area contributed by atoms with Crippen molar-refractivity contribution in [3.05, 3.63) is 23.8 Å². The number of aliphatic carboxylic acids is 1. The predicted molar refractivity (Wildman–Crippen MR) is 74.1 cm³/mol. The maximum Gasteiger partial charge on any atom is 0.305 e. The largest absolute Gasteiger partial charge is 0.486 e. The maximum absolute atomic E-state index is 12.0. The second-order valence-corrected chi connectivity index (χ2v) is 4.88. The van der Waals surface area contributed by atoms with Crippen LogP contribution in [0.25, 0.3) is 0 Å². The van der Waals surface area contributed by atoms with Crippen molar-refractivity contribution in [1.82, 2.24) is 4.90 Å².